The van der Waals surface area contributed by atoms with Crippen LogP contribution in [0.2, 0.25) is 0 Å². The molecule has 6 nitrogen and oxygen atoms in total. The molecule has 3 unspecified atom stereocenters. The maximum atomic E-state index is 13.4. The number of anilines is 1. The van der Waals surface area contributed by atoms with Crippen LogP contribution in [0.15, 0.2) is 24.3 Å². The van der Waals surface area contributed by atoms with E-state index in [1.54, 1.807) is 7.05 Å². The molecule has 2 heterocycles. The molecule has 2 N–H and O–H groups in total. The van der Waals surface area contributed by atoms with E-state index < -0.39 is 0 Å². The van der Waals surface area contributed by atoms with Crippen molar-refractivity contribution >= 4 is 17.5 Å². The molecule has 0 radical (unpaired) electrons. The zero-order valence-corrected chi connectivity index (χ0v) is 19.8. The molecule has 2 saturated carbocycles. The highest BCUT2D eigenvalue weighted by Gasteiger charge is 2.59. The molecular weight excluding hydrogens is 400 g/mol. The molecule has 1 aromatic carbocycles. The summed E-state index contributed by atoms with van der Waals surface area (Å²) in [5.74, 6) is 1.39. The van der Waals surface area contributed by atoms with Gasteiger partial charge in [-0.15, -0.1) is 0 Å². The number of carbonyl (C=O) groups excluding carboxylic acids is 2. The van der Waals surface area contributed by atoms with E-state index in [2.05, 4.69) is 29.6 Å². The third-order valence-corrected chi connectivity index (χ3v) is 9.48. The number of hydrogen-bond acceptors (Lipinski definition) is 4. The van der Waals surface area contributed by atoms with Gasteiger partial charge in [0.25, 0.3) is 0 Å². The second-order valence-electron chi connectivity index (χ2n) is 10.6. The van der Waals surface area contributed by atoms with Crippen LogP contribution < -0.4 is 15.8 Å². The predicted molar refractivity (Wildman–Crippen MR) is 126 cm³/mol. The highest BCUT2D eigenvalue weighted by molar-refractivity contribution is 6.07. The van der Waals surface area contributed by atoms with Gasteiger partial charge in [-0.25, -0.2) is 5.43 Å². The van der Waals surface area contributed by atoms with Gasteiger partial charge in [0.05, 0.1) is 5.92 Å². The smallest absolute Gasteiger partial charge is 0.235 e. The fourth-order valence-corrected chi connectivity index (χ4v) is 7.24. The Morgan fingerprint density at radius 1 is 1.03 bits per heavy atom. The first-order chi connectivity index (χ1) is 15.5. The zero-order chi connectivity index (χ0) is 22.5. The number of fused-ring (bicyclic) bond motifs is 1. The van der Waals surface area contributed by atoms with Crippen molar-refractivity contribution in [2.75, 3.05) is 25.0 Å². The summed E-state index contributed by atoms with van der Waals surface area (Å²) in [7, 11) is 1.67. The highest BCUT2D eigenvalue weighted by atomic mass is 16.2. The molecule has 32 heavy (non-hydrogen) atoms. The van der Waals surface area contributed by atoms with Crippen LogP contribution in [0.5, 0.6) is 0 Å². The average Bonchev–Trinajstić information content (AvgIpc) is 3.17. The molecule has 6 heteroatoms. The van der Waals surface area contributed by atoms with Crippen molar-refractivity contribution in [1.82, 2.24) is 15.8 Å². The predicted octanol–water partition coefficient (Wildman–Crippen LogP) is 3.44. The van der Waals surface area contributed by atoms with E-state index in [-0.39, 0.29) is 30.2 Å². The number of carbonyl (C=O) groups is 2. The molecule has 174 valence electrons. The minimum atomic E-state index is -0.380. The molecule has 2 aliphatic heterocycles. The number of para-hydroxylation sites is 1. The number of nitrogens with one attached hydrogen (secondary N) is 2. The van der Waals surface area contributed by atoms with Gasteiger partial charge in [-0.3, -0.25) is 15.0 Å². The van der Waals surface area contributed by atoms with Gasteiger partial charge < -0.3 is 9.80 Å². The second kappa shape index (κ2) is 8.45. The average molecular weight is 439 g/mol. The summed E-state index contributed by atoms with van der Waals surface area (Å²) in [5.41, 5.74) is 7.95. The normalized spacial score (nSPS) is 35.2. The van der Waals surface area contributed by atoms with Crippen molar-refractivity contribution in [2.24, 2.45) is 17.3 Å². The number of rotatable bonds is 5. The Kier molecular flexibility index (Phi) is 5.79. The van der Waals surface area contributed by atoms with Crippen LogP contribution in [-0.2, 0) is 9.59 Å². The Morgan fingerprint density at radius 2 is 1.69 bits per heavy atom. The molecule has 2 aliphatic carbocycles. The number of hydrazine groups is 1. The Labute approximate surface area is 192 Å². The van der Waals surface area contributed by atoms with Crippen molar-refractivity contribution < 1.29 is 9.59 Å². The van der Waals surface area contributed by atoms with Crippen molar-refractivity contribution in [3.8, 4) is 0 Å². The van der Waals surface area contributed by atoms with Gasteiger partial charge in [0.2, 0.25) is 11.8 Å². The first kappa shape index (κ1) is 21.9. The van der Waals surface area contributed by atoms with Gasteiger partial charge >= 0.3 is 0 Å². The van der Waals surface area contributed by atoms with Crippen LogP contribution in [0.25, 0.3) is 0 Å². The van der Waals surface area contributed by atoms with E-state index >= 15 is 0 Å². The van der Waals surface area contributed by atoms with Crippen LogP contribution in [0.4, 0.5) is 5.69 Å². The summed E-state index contributed by atoms with van der Waals surface area (Å²) in [5, 5.41) is 0. The summed E-state index contributed by atoms with van der Waals surface area (Å²) >= 11 is 0. The van der Waals surface area contributed by atoms with Gasteiger partial charge in [-0.2, -0.15) is 0 Å². The van der Waals surface area contributed by atoms with Crippen molar-refractivity contribution in [3.63, 3.8) is 0 Å². The maximum absolute atomic E-state index is 13.4. The van der Waals surface area contributed by atoms with Crippen LogP contribution in [0, 0.1) is 17.3 Å². The number of likely N-dealkylation sites (tertiary alicyclic amines) is 1. The fraction of sp³-hybridized carbons (Fsp3) is 0.692. The lowest BCUT2D eigenvalue weighted by atomic mass is 9.79. The third-order valence-electron chi connectivity index (χ3n) is 9.48. The van der Waals surface area contributed by atoms with E-state index in [1.165, 1.54) is 25.7 Å². The number of piperidine rings is 1. The maximum Gasteiger partial charge on any atom is 0.235 e. The van der Waals surface area contributed by atoms with Gasteiger partial charge in [0.15, 0.2) is 0 Å². The molecule has 0 aromatic heterocycles. The van der Waals surface area contributed by atoms with E-state index in [4.69, 9.17) is 0 Å². The molecule has 1 spiro atoms. The lowest BCUT2D eigenvalue weighted by Crippen LogP contribution is -2.50. The molecule has 1 aromatic rings. The van der Waals surface area contributed by atoms with Gasteiger partial charge in [-0.1, -0.05) is 32.0 Å². The molecule has 0 bridgehead atoms. The lowest BCUT2D eigenvalue weighted by molar-refractivity contribution is -0.126. The van der Waals surface area contributed by atoms with Crippen LogP contribution in [-0.4, -0.2) is 48.9 Å². The standard InChI is InChI=1S/C26H38N4O2/c1-17-18(2)26(17)12-8-19(9-13-26)29-14-10-20(11-15-29)30-23-7-5-4-6-21(23)22(25(30)32)16-24(31)28-27-3/h4-7,17-20,22,27H,8-16H2,1-3H3,(H,28,31). The monoisotopic (exact) mass is 438 g/mol. The third kappa shape index (κ3) is 3.56. The summed E-state index contributed by atoms with van der Waals surface area (Å²) < 4.78 is 0. The number of hydrogen-bond donors (Lipinski definition) is 2. The fourth-order valence-electron chi connectivity index (χ4n) is 7.24. The van der Waals surface area contributed by atoms with E-state index in [9.17, 15) is 9.59 Å². The summed E-state index contributed by atoms with van der Waals surface area (Å²) in [6, 6.07) is 8.99. The topological polar surface area (TPSA) is 64.7 Å². The van der Waals surface area contributed by atoms with Crippen molar-refractivity contribution in [2.45, 2.75) is 76.8 Å². The second-order valence-corrected chi connectivity index (χ2v) is 10.6. The minimum Gasteiger partial charge on any atom is -0.308 e. The van der Waals surface area contributed by atoms with Gasteiger partial charge in [0, 0.05) is 44.3 Å². The number of amides is 2. The van der Waals surface area contributed by atoms with Crippen LogP contribution in [0.3, 0.4) is 0 Å². The molecular formula is C26H38N4O2. The van der Waals surface area contributed by atoms with E-state index in [0.29, 0.717) is 5.41 Å². The van der Waals surface area contributed by atoms with E-state index in [0.717, 1.165) is 55.1 Å². The summed E-state index contributed by atoms with van der Waals surface area (Å²) in [6.45, 7) is 7.03. The molecule has 3 fully saturated rings. The Balaban J connectivity index is 1.22. The molecule has 1 saturated heterocycles. The van der Waals surface area contributed by atoms with Crippen LogP contribution >= 0.6 is 0 Å². The first-order valence-corrected chi connectivity index (χ1v) is 12.6. The molecule has 4 aliphatic rings. The minimum absolute atomic E-state index is 0.0900. The van der Waals surface area contributed by atoms with Gasteiger partial charge in [0.1, 0.15) is 0 Å². The van der Waals surface area contributed by atoms with E-state index in [1.807, 2.05) is 29.2 Å². The number of nitrogens with zero attached hydrogens (tertiary/aromatic N) is 2. The first-order valence-electron chi connectivity index (χ1n) is 12.6. The highest BCUT2D eigenvalue weighted by Crippen LogP contribution is 2.66. The number of benzene rings is 1. The molecule has 3 atom stereocenters. The lowest BCUT2D eigenvalue weighted by Gasteiger charge is -2.43. The summed E-state index contributed by atoms with van der Waals surface area (Å²) in [4.78, 5) is 30.4. The van der Waals surface area contributed by atoms with Crippen molar-refractivity contribution in [3.05, 3.63) is 29.8 Å². The quantitative estimate of drug-likeness (QED) is 0.692. The largest absolute Gasteiger partial charge is 0.308 e. The van der Waals surface area contributed by atoms with Crippen molar-refractivity contribution in [1.29, 1.82) is 0 Å². The SMILES string of the molecule is CNNC(=O)CC1C(=O)N(C2CCN(C3CCC4(CC3)C(C)C4C)CC2)c2ccccc21. The van der Waals surface area contributed by atoms with Gasteiger partial charge in [-0.05, 0) is 67.4 Å². The Morgan fingerprint density at radius 3 is 2.31 bits per heavy atom. The molecule has 5 rings (SSSR count). The van der Waals surface area contributed by atoms with Crippen LogP contribution in [0.1, 0.15) is 70.3 Å². The summed E-state index contributed by atoms with van der Waals surface area (Å²) in [6.07, 6.45) is 7.70. The zero-order valence-electron chi connectivity index (χ0n) is 19.8. The Bertz CT molecular complexity index is 860. The Hall–Kier alpha value is -1.92. The molecule has 2 amide bonds.